The van der Waals surface area contributed by atoms with Gasteiger partial charge in [-0.25, -0.2) is 4.79 Å². The molecule has 0 aromatic carbocycles. The second kappa shape index (κ2) is 12.2. The van der Waals surface area contributed by atoms with E-state index in [1.807, 2.05) is 25.7 Å². The van der Waals surface area contributed by atoms with Crippen molar-refractivity contribution in [3.05, 3.63) is 0 Å². The number of rotatable bonds is 10. The van der Waals surface area contributed by atoms with Crippen molar-refractivity contribution < 1.29 is 19.1 Å². The summed E-state index contributed by atoms with van der Waals surface area (Å²) < 4.78 is 7.00. The number of hydrogen-bond acceptors (Lipinski definition) is 3. The molecule has 1 aliphatic rings. The molecular formula is C24H47BrN2O4Si. The minimum Gasteiger partial charge on any atom is -0.465 e. The molecule has 2 N–H and O–H groups in total. The van der Waals surface area contributed by atoms with Gasteiger partial charge in [-0.05, 0) is 47.7 Å². The smallest absolute Gasteiger partial charge is 0.404 e. The maximum Gasteiger partial charge on any atom is 0.404 e. The number of carbonyl (C=O) groups is 2. The van der Waals surface area contributed by atoms with Gasteiger partial charge >= 0.3 is 6.09 Å². The van der Waals surface area contributed by atoms with Crippen molar-refractivity contribution >= 4 is 36.2 Å². The highest BCUT2D eigenvalue weighted by Crippen LogP contribution is 2.44. The summed E-state index contributed by atoms with van der Waals surface area (Å²) in [5.41, 5.74) is 1.38. The first-order valence-corrected chi connectivity index (χ1v) is 15.5. The molecule has 6 nitrogen and oxygen atoms in total. The standard InChI is InChI=1S/C24H47BrN2O4Si/c1-16(2)32(17(3)4,18(5)6)31-20-12-10-19(11-13-20)27(22(28)14-25)15-21(24(7,8)9)26-23(29)30/h16-21,26H,10-15H2,1-9H3,(H,29,30)/t19-,20-,21?. The minimum atomic E-state index is -1.93. The van der Waals surface area contributed by atoms with Crippen LogP contribution < -0.4 is 5.32 Å². The highest BCUT2D eigenvalue weighted by molar-refractivity contribution is 9.09. The van der Waals surface area contributed by atoms with Crippen molar-refractivity contribution in [2.24, 2.45) is 5.41 Å². The Morgan fingerprint density at radius 2 is 1.50 bits per heavy atom. The first-order chi connectivity index (χ1) is 14.7. The third kappa shape index (κ3) is 7.45. The molecule has 0 aliphatic heterocycles. The van der Waals surface area contributed by atoms with Gasteiger partial charge in [0, 0.05) is 18.7 Å². The highest BCUT2D eigenvalue weighted by Gasteiger charge is 2.47. The third-order valence-corrected chi connectivity index (χ3v) is 14.0. The van der Waals surface area contributed by atoms with Crippen molar-refractivity contribution in [3.63, 3.8) is 0 Å². The molecule has 32 heavy (non-hydrogen) atoms. The van der Waals surface area contributed by atoms with E-state index >= 15 is 0 Å². The van der Waals surface area contributed by atoms with E-state index in [-0.39, 0.29) is 34.8 Å². The van der Waals surface area contributed by atoms with Gasteiger partial charge in [-0.1, -0.05) is 78.2 Å². The number of alkyl halides is 1. The fraction of sp³-hybridized carbons (Fsp3) is 0.917. The quantitative estimate of drug-likeness (QED) is 0.251. The summed E-state index contributed by atoms with van der Waals surface area (Å²) >= 11 is 3.33. The number of carboxylic acid groups (broad SMARTS) is 1. The van der Waals surface area contributed by atoms with Gasteiger partial charge in [0.2, 0.25) is 14.2 Å². The molecule has 1 fully saturated rings. The average molecular weight is 536 g/mol. The topological polar surface area (TPSA) is 78.9 Å². The van der Waals surface area contributed by atoms with Gasteiger partial charge < -0.3 is 19.7 Å². The zero-order valence-electron chi connectivity index (χ0n) is 21.7. The molecule has 1 rings (SSSR count). The monoisotopic (exact) mass is 534 g/mol. The van der Waals surface area contributed by atoms with E-state index in [4.69, 9.17) is 4.43 Å². The van der Waals surface area contributed by atoms with Crippen LogP contribution in [0.3, 0.4) is 0 Å². The van der Waals surface area contributed by atoms with Gasteiger partial charge in [0.15, 0.2) is 0 Å². The number of nitrogens with zero attached hydrogens (tertiary/aromatic N) is 1. The van der Waals surface area contributed by atoms with Crippen molar-refractivity contribution in [1.82, 2.24) is 10.2 Å². The lowest BCUT2D eigenvalue weighted by molar-refractivity contribution is -0.132. The van der Waals surface area contributed by atoms with Crippen LogP contribution >= 0.6 is 15.9 Å². The maximum atomic E-state index is 12.8. The summed E-state index contributed by atoms with van der Waals surface area (Å²) in [7, 11) is -1.93. The molecule has 188 valence electrons. The number of carbonyl (C=O) groups excluding carboxylic acids is 1. The van der Waals surface area contributed by atoms with E-state index < -0.39 is 14.4 Å². The predicted octanol–water partition coefficient (Wildman–Crippen LogP) is 6.40. The van der Waals surface area contributed by atoms with Crippen LogP contribution in [0.15, 0.2) is 0 Å². The zero-order valence-corrected chi connectivity index (χ0v) is 24.3. The van der Waals surface area contributed by atoms with Gasteiger partial charge in [-0.2, -0.15) is 0 Å². The van der Waals surface area contributed by atoms with Crippen molar-refractivity contribution in [2.75, 3.05) is 11.9 Å². The molecule has 1 unspecified atom stereocenters. The van der Waals surface area contributed by atoms with Crippen LogP contribution in [0.25, 0.3) is 0 Å². The van der Waals surface area contributed by atoms with E-state index in [1.54, 1.807) is 0 Å². The molecule has 2 amide bonds. The number of hydrogen-bond donors (Lipinski definition) is 2. The molecule has 0 radical (unpaired) electrons. The van der Waals surface area contributed by atoms with E-state index in [0.29, 0.717) is 23.2 Å². The van der Waals surface area contributed by atoms with E-state index in [2.05, 4.69) is 62.8 Å². The van der Waals surface area contributed by atoms with E-state index in [0.717, 1.165) is 25.7 Å². The predicted molar refractivity (Wildman–Crippen MR) is 138 cm³/mol. The normalized spacial score (nSPS) is 21.2. The Hall–Kier alpha value is -0.603. The van der Waals surface area contributed by atoms with Gasteiger partial charge in [0.05, 0.1) is 11.4 Å². The first-order valence-electron chi connectivity index (χ1n) is 12.2. The van der Waals surface area contributed by atoms with Crippen LogP contribution in [-0.4, -0.2) is 60.4 Å². The van der Waals surface area contributed by atoms with Crippen molar-refractivity contribution in [2.45, 2.75) is 123 Å². The second-order valence-corrected chi connectivity index (χ2v) is 17.4. The van der Waals surface area contributed by atoms with Crippen LogP contribution in [0, 0.1) is 5.41 Å². The van der Waals surface area contributed by atoms with Gasteiger partial charge in [0.1, 0.15) is 0 Å². The fourth-order valence-electron chi connectivity index (χ4n) is 5.58. The Bertz CT molecular complexity index is 592. The summed E-state index contributed by atoms with van der Waals surface area (Å²) in [6.07, 6.45) is 2.89. The molecule has 1 aliphatic carbocycles. The molecule has 0 aromatic rings. The molecule has 1 saturated carbocycles. The molecule has 0 saturated heterocycles. The van der Waals surface area contributed by atoms with Crippen molar-refractivity contribution in [1.29, 1.82) is 0 Å². The molecule has 0 bridgehead atoms. The summed E-state index contributed by atoms with van der Waals surface area (Å²) in [6, 6.07) is -0.214. The third-order valence-electron chi connectivity index (χ3n) is 7.32. The lowest BCUT2D eigenvalue weighted by Gasteiger charge is -2.47. The Balaban J connectivity index is 2.96. The fourth-order valence-corrected chi connectivity index (χ4v) is 11.5. The lowest BCUT2D eigenvalue weighted by atomic mass is 9.85. The van der Waals surface area contributed by atoms with Gasteiger partial charge in [-0.3, -0.25) is 4.79 Å². The van der Waals surface area contributed by atoms with E-state index in [1.165, 1.54) is 0 Å². The minimum absolute atomic E-state index is 0.0195. The maximum absolute atomic E-state index is 12.8. The Kier molecular flexibility index (Phi) is 11.2. The van der Waals surface area contributed by atoms with Gasteiger partial charge in [-0.15, -0.1) is 0 Å². The van der Waals surface area contributed by atoms with Crippen LogP contribution in [0.1, 0.15) is 88.0 Å². The first kappa shape index (κ1) is 29.4. The summed E-state index contributed by atoms with van der Waals surface area (Å²) in [4.78, 5) is 26.1. The van der Waals surface area contributed by atoms with Crippen LogP contribution in [-0.2, 0) is 9.22 Å². The molecule has 1 atom stereocenters. The molecule has 0 spiro atoms. The van der Waals surface area contributed by atoms with Crippen LogP contribution in [0.5, 0.6) is 0 Å². The second-order valence-electron chi connectivity index (χ2n) is 11.4. The Morgan fingerprint density at radius 3 is 1.84 bits per heavy atom. The number of halogens is 1. The molecule has 0 aromatic heterocycles. The highest BCUT2D eigenvalue weighted by atomic mass is 79.9. The molecule has 8 heteroatoms. The Labute approximate surface area is 205 Å². The largest absolute Gasteiger partial charge is 0.465 e. The van der Waals surface area contributed by atoms with Crippen LogP contribution in [0.2, 0.25) is 16.6 Å². The van der Waals surface area contributed by atoms with Gasteiger partial charge in [0.25, 0.3) is 0 Å². The molecular weight excluding hydrogens is 488 g/mol. The summed E-state index contributed by atoms with van der Waals surface area (Å²) in [6.45, 7) is 20.3. The summed E-state index contributed by atoms with van der Waals surface area (Å²) in [5, 5.41) is 12.2. The molecule has 0 heterocycles. The average Bonchev–Trinajstić information content (AvgIpc) is 2.67. The number of amides is 2. The van der Waals surface area contributed by atoms with Crippen LogP contribution in [0.4, 0.5) is 4.79 Å². The summed E-state index contributed by atoms with van der Waals surface area (Å²) in [5.74, 6) is 0.0195. The lowest BCUT2D eigenvalue weighted by Crippen LogP contribution is -2.55. The SMILES string of the molecule is CC(C)[Si](O[C@H]1CC[C@H](N(CC(NC(=O)O)C(C)(C)C)C(=O)CBr)CC1)(C(C)C)C(C)C. The number of nitrogens with one attached hydrogen (secondary N) is 1. The van der Waals surface area contributed by atoms with E-state index in [9.17, 15) is 14.7 Å². The van der Waals surface area contributed by atoms with Crippen molar-refractivity contribution in [3.8, 4) is 0 Å². The Morgan fingerprint density at radius 1 is 1.03 bits per heavy atom. The zero-order chi connectivity index (χ0) is 24.9.